The van der Waals surface area contributed by atoms with E-state index in [4.69, 9.17) is 25.8 Å². The molecule has 5 nitrogen and oxygen atoms in total. The van der Waals surface area contributed by atoms with Gasteiger partial charge in [-0.3, -0.25) is 4.79 Å². The van der Waals surface area contributed by atoms with Crippen LogP contribution >= 0.6 is 27.5 Å². The number of nitrogens with one attached hydrogen (secondary N) is 1. The summed E-state index contributed by atoms with van der Waals surface area (Å²) in [6.45, 7) is 4.65. The normalized spacial score (nSPS) is 10.2. The molecule has 0 radical (unpaired) electrons. The summed E-state index contributed by atoms with van der Waals surface area (Å²) in [6, 6.07) is 10.4. The first-order valence-electron chi connectivity index (χ1n) is 7.80. The van der Waals surface area contributed by atoms with Crippen LogP contribution in [0, 0.1) is 0 Å². The molecule has 0 saturated heterocycles. The number of ether oxygens (including phenoxy) is 3. The fraction of sp³-hybridized carbons (Fsp3) is 0.278. The fourth-order valence-corrected chi connectivity index (χ4v) is 2.86. The Labute approximate surface area is 160 Å². The average Bonchev–Trinajstić information content (AvgIpc) is 2.57. The second-order valence-corrected chi connectivity index (χ2v) is 6.23. The molecule has 2 rings (SSSR count). The van der Waals surface area contributed by atoms with Crippen molar-refractivity contribution in [3.8, 4) is 17.2 Å². The van der Waals surface area contributed by atoms with Gasteiger partial charge in [0.1, 0.15) is 17.2 Å². The number of carbonyl (C=O) groups is 1. The molecule has 0 heterocycles. The van der Waals surface area contributed by atoms with Crippen LogP contribution in [-0.2, 0) is 4.79 Å². The van der Waals surface area contributed by atoms with Gasteiger partial charge in [-0.2, -0.15) is 0 Å². The van der Waals surface area contributed by atoms with Crippen LogP contribution in [-0.4, -0.2) is 25.7 Å². The van der Waals surface area contributed by atoms with E-state index in [0.717, 1.165) is 0 Å². The highest BCUT2D eigenvalue weighted by atomic mass is 79.9. The summed E-state index contributed by atoms with van der Waals surface area (Å²) < 4.78 is 17.2. The molecule has 0 aliphatic carbocycles. The minimum absolute atomic E-state index is 0.148. The van der Waals surface area contributed by atoms with Crippen molar-refractivity contribution in [3.63, 3.8) is 0 Å². The van der Waals surface area contributed by atoms with E-state index >= 15 is 0 Å². The zero-order chi connectivity index (χ0) is 18.2. The molecule has 0 bridgehead atoms. The lowest BCUT2D eigenvalue weighted by Crippen LogP contribution is -2.20. The number of hydrogen-bond acceptors (Lipinski definition) is 4. The molecule has 2 aromatic carbocycles. The molecule has 2 aromatic rings. The highest BCUT2D eigenvalue weighted by Gasteiger charge is 2.11. The summed E-state index contributed by atoms with van der Waals surface area (Å²) in [5.41, 5.74) is 0.538. The van der Waals surface area contributed by atoms with Gasteiger partial charge in [0.2, 0.25) is 0 Å². The van der Waals surface area contributed by atoms with Gasteiger partial charge in [-0.1, -0.05) is 11.6 Å². The number of anilines is 1. The van der Waals surface area contributed by atoms with Crippen LogP contribution in [0.5, 0.6) is 17.2 Å². The van der Waals surface area contributed by atoms with Gasteiger partial charge in [0.05, 0.1) is 23.4 Å². The van der Waals surface area contributed by atoms with Crippen molar-refractivity contribution in [1.82, 2.24) is 0 Å². The Kier molecular flexibility index (Phi) is 7.40. The molecule has 0 atom stereocenters. The summed E-state index contributed by atoms with van der Waals surface area (Å²) in [7, 11) is 0. The predicted octanol–water partition coefficient (Wildman–Crippen LogP) is 4.92. The quantitative estimate of drug-likeness (QED) is 0.648. The summed E-state index contributed by atoms with van der Waals surface area (Å²) >= 11 is 9.23. The molecular formula is C18H19BrClNO4. The molecule has 0 aliphatic rings. The van der Waals surface area contributed by atoms with E-state index in [1.165, 1.54) is 0 Å². The van der Waals surface area contributed by atoms with Crippen molar-refractivity contribution in [2.45, 2.75) is 13.8 Å². The van der Waals surface area contributed by atoms with Crippen LogP contribution in [0.4, 0.5) is 5.69 Å². The van der Waals surface area contributed by atoms with Crippen molar-refractivity contribution in [3.05, 3.63) is 45.9 Å². The lowest BCUT2D eigenvalue weighted by Gasteiger charge is -2.14. The molecule has 7 heteroatoms. The van der Waals surface area contributed by atoms with Crippen LogP contribution in [0.15, 0.2) is 40.9 Å². The average molecular weight is 429 g/mol. The van der Waals surface area contributed by atoms with E-state index in [2.05, 4.69) is 21.2 Å². The first kappa shape index (κ1) is 19.4. The van der Waals surface area contributed by atoms with E-state index in [9.17, 15) is 4.79 Å². The lowest BCUT2D eigenvalue weighted by molar-refractivity contribution is -0.118. The first-order chi connectivity index (χ1) is 12.0. The van der Waals surface area contributed by atoms with Crippen molar-refractivity contribution >= 4 is 39.1 Å². The van der Waals surface area contributed by atoms with Crippen LogP contribution in [0.2, 0.25) is 5.02 Å². The van der Waals surface area contributed by atoms with Gasteiger partial charge in [-0.05, 0) is 60.1 Å². The van der Waals surface area contributed by atoms with E-state index < -0.39 is 0 Å². The maximum Gasteiger partial charge on any atom is 0.262 e. The van der Waals surface area contributed by atoms with Gasteiger partial charge < -0.3 is 19.5 Å². The van der Waals surface area contributed by atoms with Crippen LogP contribution < -0.4 is 19.5 Å². The molecule has 1 amide bonds. The number of carbonyl (C=O) groups excluding carboxylic acids is 1. The van der Waals surface area contributed by atoms with Crippen LogP contribution in [0.3, 0.4) is 0 Å². The number of rotatable bonds is 8. The Hall–Kier alpha value is -1.92. The molecular weight excluding hydrogens is 410 g/mol. The first-order valence-corrected chi connectivity index (χ1v) is 8.98. The molecule has 0 unspecified atom stereocenters. The van der Waals surface area contributed by atoms with Crippen LogP contribution in [0.25, 0.3) is 0 Å². The molecule has 0 aromatic heterocycles. The number of benzene rings is 2. The van der Waals surface area contributed by atoms with E-state index in [-0.39, 0.29) is 12.5 Å². The zero-order valence-electron chi connectivity index (χ0n) is 14.0. The van der Waals surface area contributed by atoms with Crippen molar-refractivity contribution in [2.75, 3.05) is 25.1 Å². The Bertz CT molecular complexity index is 739. The summed E-state index contributed by atoms with van der Waals surface area (Å²) in [4.78, 5) is 12.2. The minimum atomic E-state index is -0.309. The maximum atomic E-state index is 12.2. The molecule has 0 aliphatic heterocycles. The van der Waals surface area contributed by atoms with Gasteiger partial charge in [0.25, 0.3) is 5.91 Å². The van der Waals surface area contributed by atoms with Gasteiger partial charge >= 0.3 is 0 Å². The summed E-state index contributed by atoms with van der Waals surface area (Å²) in [5.74, 6) is 1.46. The van der Waals surface area contributed by atoms with Crippen molar-refractivity contribution < 1.29 is 19.0 Å². The maximum absolute atomic E-state index is 12.2. The topological polar surface area (TPSA) is 56.8 Å². The smallest absolute Gasteiger partial charge is 0.262 e. The van der Waals surface area contributed by atoms with Crippen LogP contribution in [0.1, 0.15) is 13.8 Å². The van der Waals surface area contributed by atoms with Gasteiger partial charge in [0.15, 0.2) is 6.61 Å². The largest absolute Gasteiger partial charge is 0.494 e. The van der Waals surface area contributed by atoms with E-state index in [1.807, 2.05) is 13.8 Å². The third-order valence-electron chi connectivity index (χ3n) is 3.09. The standard InChI is InChI=1S/C18H19BrClNO4/c1-3-23-13-6-8-17(24-4-2)15(10-13)21-18(22)11-25-16-7-5-12(20)9-14(16)19/h5-10H,3-4,11H2,1-2H3,(H,21,22). The number of hydrogen-bond donors (Lipinski definition) is 1. The second kappa shape index (κ2) is 9.53. The molecule has 0 fully saturated rings. The van der Waals surface area contributed by atoms with Crippen molar-refractivity contribution in [2.24, 2.45) is 0 Å². The van der Waals surface area contributed by atoms with Gasteiger partial charge in [0, 0.05) is 11.1 Å². The molecule has 0 saturated carbocycles. The monoisotopic (exact) mass is 427 g/mol. The molecule has 25 heavy (non-hydrogen) atoms. The highest BCUT2D eigenvalue weighted by Crippen LogP contribution is 2.30. The third kappa shape index (κ3) is 5.83. The number of halogens is 2. The van der Waals surface area contributed by atoms with Gasteiger partial charge in [-0.15, -0.1) is 0 Å². The summed E-state index contributed by atoms with van der Waals surface area (Å²) in [6.07, 6.45) is 0. The molecule has 134 valence electrons. The summed E-state index contributed by atoms with van der Waals surface area (Å²) in [5, 5.41) is 3.37. The zero-order valence-corrected chi connectivity index (χ0v) is 16.3. The Morgan fingerprint density at radius 2 is 1.76 bits per heavy atom. The Balaban J connectivity index is 2.04. The lowest BCUT2D eigenvalue weighted by atomic mass is 10.2. The minimum Gasteiger partial charge on any atom is -0.494 e. The van der Waals surface area contributed by atoms with E-state index in [0.29, 0.717) is 45.6 Å². The SMILES string of the molecule is CCOc1ccc(OCC)c(NC(=O)COc2ccc(Cl)cc2Br)c1. The Morgan fingerprint density at radius 1 is 1.04 bits per heavy atom. The molecule has 1 N–H and O–H groups in total. The third-order valence-corrected chi connectivity index (χ3v) is 3.94. The molecule has 0 spiro atoms. The Morgan fingerprint density at radius 3 is 2.44 bits per heavy atom. The highest BCUT2D eigenvalue weighted by molar-refractivity contribution is 9.10. The van der Waals surface area contributed by atoms with E-state index in [1.54, 1.807) is 36.4 Å². The predicted molar refractivity (Wildman–Crippen MR) is 102 cm³/mol. The number of amides is 1. The second-order valence-electron chi connectivity index (χ2n) is 4.94. The van der Waals surface area contributed by atoms with Crippen molar-refractivity contribution in [1.29, 1.82) is 0 Å². The van der Waals surface area contributed by atoms with Gasteiger partial charge in [-0.25, -0.2) is 0 Å². The fourth-order valence-electron chi connectivity index (χ4n) is 2.07.